The summed E-state index contributed by atoms with van der Waals surface area (Å²) in [5.74, 6) is 0.147. The molecule has 0 aromatic rings. The Balaban J connectivity index is 3.67. The van der Waals surface area contributed by atoms with E-state index < -0.39 is 0 Å². The van der Waals surface area contributed by atoms with Crippen molar-refractivity contribution in [3.8, 4) is 0 Å². The molecule has 5 heteroatoms. The lowest BCUT2D eigenvalue weighted by Gasteiger charge is -2.21. The number of nitrogens with zero attached hydrogens (tertiary/aromatic N) is 2. The second-order valence-electron chi connectivity index (χ2n) is 4.04. The summed E-state index contributed by atoms with van der Waals surface area (Å²) >= 11 is 0. The van der Waals surface area contributed by atoms with Crippen LogP contribution in [0.2, 0.25) is 0 Å². The van der Waals surface area contributed by atoms with Gasteiger partial charge in [-0.3, -0.25) is 9.69 Å². The number of amides is 1. The minimum Gasteiger partial charge on any atom is -0.385 e. The number of carbonyl (C=O) groups excluding carboxylic acids is 1. The minimum absolute atomic E-state index is 0.147. The average molecular weight is 231 g/mol. The van der Waals surface area contributed by atoms with Crippen LogP contribution in [0.5, 0.6) is 0 Å². The maximum atomic E-state index is 11.7. The predicted octanol–water partition coefficient (Wildman–Crippen LogP) is -0.238. The first kappa shape index (κ1) is 15.3. The van der Waals surface area contributed by atoms with E-state index in [0.717, 1.165) is 32.5 Å². The molecule has 0 aliphatic rings. The van der Waals surface area contributed by atoms with Crippen LogP contribution in [0.3, 0.4) is 0 Å². The molecule has 2 N–H and O–H groups in total. The fourth-order valence-corrected chi connectivity index (χ4v) is 1.36. The van der Waals surface area contributed by atoms with Crippen molar-refractivity contribution in [3.05, 3.63) is 0 Å². The molecule has 0 aliphatic heterocycles. The predicted molar refractivity (Wildman–Crippen MR) is 65.3 cm³/mol. The van der Waals surface area contributed by atoms with Crippen LogP contribution in [0, 0.1) is 0 Å². The molecule has 0 aromatic heterocycles. The number of likely N-dealkylation sites (N-methyl/N-ethyl adjacent to an activating group) is 2. The third-order valence-electron chi connectivity index (χ3n) is 2.42. The molecule has 5 nitrogen and oxygen atoms in total. The fraction of sp³-hybridized carbons (Fsp3) is 0.909. The lowest BCUT2D eigenvalue weighted by molar-refractivity contribution is -0.130. The van der Waals surface area contributed by atoms with Crippen molar-refractivity contribution in [2.45, 2.75) is 12.8 Å². The smallest absolute Gasteiger partial charge is 0.236 e. The van der Waals surface area contributed by atoms with Gasteiger partial charge in [0.15, 0.2) is 0 Å². The number of nitrogens with two attached hydrogens (primary N) is 1. The van der Waals surface area contributed by atoms with Crippen LogP contribution >= 0.6 is 0 Å². The van der Waals surface area contributed by atoms with Gasteiger partial charge in [0.1, 0.15) is 0 Å². The van der Waals surface area contributed by atoms with Crippen LogP contribution in [0.1, 0.15) is 12.8 Å². The second kappa shape index (κ2) is 9.57. The van der Waals surface area contributed by atoms with Crippen molar-refractivity contribution >= 4 is 5.91 Å². The number of hydrogen-bond acceptors (Lipinski definition) is 4. The molecule has 0 unspecified atom stereocenters. The van der Waals surface area contributed by atoms with Crippen molar-refractivity contribution in [1.29, 1.82) is 0 Å². The Bertz CT molecular complexity index is 188. The lowest BCUT2D eigenvalue weighted by Crippen LogP contribution is -2.38. The van der Waals surface area contributed by atoms with E-state index in [0.29, 0.717) is 13.1 Å². The molecule has 0 saturated heterocycles. The Morgan fingerprint density at radius 3 is 2.50 bits per heavy atom. The SMILES string of the molecule is COCCCN(C)CC(=O)N(C)CCCN. The van der Waals surface area contributed by atoms with E-state index in [4.69, 9.17) is 10.5 Å². The number of rotatable bonds is 9. The normalized spacial score (nSPS) is 10.8. The van der Waals surface area contributed by atoms with E-state index in [1.807, 2.05) is 19.0 Å². The first-order valence-corrected chi connectivity index (χ1v) is 5.73. The van der Waals surface area contributed by atoms with Gasteiger partial charge < -0.3 is 15.4 Å². The fourth-order valence-electron chi connectivity index (χ4n) is 1.36. The first-order chi connectivity index (χ1) is 7.61. The summed E-state index contributed by atoms with van der Waals surface area (Å²) in [7, 11) is 5.46. The zero-order chi connectivity index (χ0) is 12.4. The van der Waals surface area contributed by atoms with Gasteiger partial charge in [-0.2, -0.15) is 0 Å². The van der Waals surface area contributed by atoms with E-state index in [-0.39, 0.29) is 5.91 Å². The Morgan fingerprint density at radius 1 is 1.25 bits per heavy atom. The monoisotopic (exact) mass is 231 g/mol. The van der Waals surface area contributed by atoms with Gasteiger partial charge in [0.25, 0.3) is 0 Å². The summed E-state index contributed by atoms with van der Waals surface area (Å²) in [5.41, 5.74) is 5.40. The standard InChI is InChI=1S/C11H25N3O2/c1-13(7-5-9-16-3)10-11(15)14(2)8-4-6-12/h4-10,12H2,1-3H3. The second-order valence-corrected chi connectivity index (χ2v) is 4.04. The molecule has 1 amide bonds. The van der Waals surface area contributed by atoms with E-state index in [2.05, 4.69) is 0 Å². The molecular weight excluding hydrogens is 206 g/mol. The molecule has 0 aromatic carbocycles. The van der Waals surface area contributed by atoms with Gasteiger partial charge in [-0.05, 0) is 26.4 Å². The highest BCUT2D eigenvalue weighted by atomic mass is 16.5. The van der Waals surface area contributed by atoms with Crippen molar-refractivity contribution in [2.75, 3.05) is 54.0 Å². The van der Waals surface area contributed by atoms with Crippen LogP contribution in [-0.4, -0.2) is 69.7 Å². The van der Waals surface area contributed by atoms with Crippen LogP contribution < -0.4 is 5.73 Å². The molecule has 0 fully saturated rings. The summed E-state index contributed by atoms with van der Waals surface area (Å²) in [6.07, 6.45) is 1.81. The van der Waals surface area contributed by atoms with E-state index >= 15 is 0 Å². The van der Waals surface area contributed by atoms with Gasteiger partial charge in [-0.25, -0.2) is 0 Å². The van der Waals surface area contributed by atoms with Crippen LogP contribution in [0.25, 0.3) is 0 Å². The summed E-state index contributed by atoms with van der Waals surface area (Å²) in [4.78, 5) is 15.5. The van der Waals surface area contributed by atoms with E-state index in [1.54, 1.807) is 12.0 Å². The van der Waals surface area contributed by atoms with E-state index in [1.165, 1.54) is 0 Å². The van der Waals surface area contributed by atoms with Gasteiger partial charge in [-0.15, -0.1) is 0 Å². The first-order valence-electron chi connectivity index (χ1n) is 5.73. The van der Waals surface area contributed by atoms with Gasteiger partial charge >= 0.3 is 0 Å². The molecule has 16 heavy (non-hydrogen) atoms. The molecule has 0 radical (unpaired) electrons. The van der Waals surface area contributed by atoms with Gasteiger partial charge in [0.05, 0.1) is 6.54 Å². The highest BCUT2D eigenvalue weighted by Gasteiger charge is 2.10. The molecule has 0 aliphatic carbocycles. The Morgan fingerprint density at radius 2 is 1.94 bits per heavy atom. The zero-order valence-electron chi connectivity index (χ0n) is 10.7. The Kier molecular flexibility index (Phi) is 9.18. The maximum absolute atomic E-state index is 11.7. The molecule has 0 saturated carbocycles. The Labute approximate surface area is 98.5 Å². The maximum Gasteiger partial charge on any atom is 0.236 e. The number of ether oxygens (including phenoxy) is 1. The Hall–Kier alpha value is -0.650. The molecule has 0 heterocycles. The molecule has 0 atom stereocenters. The highest BCUT2D eigenvalue weighted by molar-refractivity contribution is 5.77. The summed E-state index contributed by atoms with van der Waals surface area (Å²) < 4.78 is 4.96. The van der Waals surface area contributed by atoms with Crippen LogP contribution in [-0.2, 0) is 9.53 Å². The quantitative estimate of drug-likeness (QED) is 0.557. The topological polar surface area (TPSA) is 58.8 Å². The minimum atomic E-state index is 0.147. The summed E-state index contributed by atoms with van der Waals surface area (Å²) in [6.45, 7) is 3.44. The van der Waals surface area contributed by atoms with Crippen molar-refractivity contribution in [1.82, 2.24) is 9.80 Å². The van der Waals surface area contributed by atoms with Crippen molar-refractivity contribution in [3.63, 3.8) is 0 Å². The third-order valence-corrected chi connectivity index (χ3v) is 2.42. The summed E-state index contributed by atoms with van der Waals surface area (Å²) in [6, 6.07) is 0. The highest BCUT2D eigenvalue weighted by Crippen LogP contribution is 1.93. The van der Waals surface area contributed by atoms with Gasteiger partial charge in [0.2, 0.25) is 5.91 Å². The molecule has 0 bridgehead atoms. The molecular formula is C11H25N3O2. The van der Waals surface area contributed by atoms with Crippen molar-refractivity contribution < 1.29 is 9.53 Å². The third kappa shape index (κ3) is 7.62. The number of methoxy groups -OCH3 is 1. The van der Waals surface area contributed by atoms with E-state index in [9.17, 15) is 4.79 Å². The van der Waals surface area contributed by atoms with Gasteiger partial charge in [0, 0.05) is 33.9 Å². The number of carbonyl (C=O) groups is 1. The summed E-state index contributed by atoms with van der Waals surface area (Å²) in [5, 5.41) is 0. The molecule has 96 valence electrons. The molecule has 0 spiro atoms. The largest absolute Gasteiger partial charge is 0.385 e. The average Bonchev–Trinajstić information content (AvgIpc) is 2.26. The number of hydrogen-bond donors (Lipinski definition) is 1. The lowest BCUT2D eigenvalue weighted by atomic mass is 10.3. The molecule has 0 rings (SSSR count). The van der Waals surface area contributed by atoms with Crippen molar-refractivity contribution in [2.24, 2.45) is 5.73 Å². The van der Waals surface area contributed by atoms with Gasteiger partial charge in [-0.1, -0.05) is 0 Å². The zero-order valence-corrected chi connectivity index (χ0v) is 10.7. The van der Waals surface area contributed by atoms with Crippen LogP contribution in [0.4, 0.5) is 0 Å². The van der Waals surface area contributed by atoms with Crippen LogP contribution in [0.15, 0.2) is 0 Å².